The normalized spacial score (nSPS) is 11.2. The van der Waals surface area contributed by atoms with Gasteiger partial charge in [-0.1, -0.05) is 6.07 Å². The van der Waals surface area contributed by atoms with Crippen LogP contribution >= 0.6 is 0 Å². The third-order valence-electron chi connectivity index (χ3n) is 1.62. The van der Waals surface area contributed by atoms with Gasteiger partial charge in [-0.2, -0.15) is 15.4 Å². The summed E-state index contributed by atoms with van der Waals surface area (Å²) in [4.78, 5) is -0.0150. The van der Waals surface area contributed by atoms with Gasteiger partial charge in [-0.3, -0.25) is 0 Å². The fourth-order valence-corrected chi connectivity index (χ4v) is 1.76. The fraction of sp³-hybridized carbons (Fsp3) is 0. The second-order valence-electron chi connectivity index (χ2n) is 2.49. The van der Waals surface area contributed by atoms with Crippen LogP contribution in [0.15, 0.2) is 23.1 Å². The summed E-state index contributed by atoms with van der Waals surface area (Å²) in [5.41, 5.74) is 0.747. The van der Waals surface area contributed by atoms with Crippen molar-refractivity contribution in [3.05, 3.63) is 18.2 Å². The van der Waals surface area contributed by atoms with Crippen LogP contribution in [-0.4, -0.2) is 23.8 Å². The van der Waals surface area contributed by atoms with E-state index in [2.05, 4.69) is 15.4 Å². The zero-order valence-corrected chi connectivity index (χ0v) is 9.03. The maximum Gasteiger partial charge on any atom is 1.00 e. The Bertz CT molecular complexity index is 550. The number of nitrogens with one attached hydrogen (secondary N) is 1. The van der Waals surface area contributed by atoms with Crippen molar-refractivity contribution >= 4 is 21.1 Å². The molecule has 0 bridgehead atoms. The van der Waals surface area contributed by atoms with E-state index in [1.165, 1.54) is 6.07 Å². The molecular weight excluding hydrogens is 300 g/mol. The monoisotopic (exact) mass is 305 g/mol. The molecule has 0 amide bonds. The van der Waals surface area contributed by atoms with Gasteiger partial charge in [0.25, 0.3) is 0 Å². The van der Waals surface area contributed by atoms with E-state index in [9.17, 15) is 8.42 Å². The Morgan fingerprint density at radius 3 is 2.64 bits per heavy atom. The van der Waals surface area contributed by atoms with Gasteiger partial charge >= 0.3 is 22.4 Å². The molecule has 6 nitrogen and oxygen atoms in total. The summed E-state index contributed by atoms with van der Waals surface area (Å²) in [6.45, 7) is 0. The quantitative estimate of drug-likeness (QED) is 0.700. The van der Waals surface area contributed by atoms with E-state index in [0.29, 0.717) is 5.52 Å². The molecule has 1 aromatic carbocycles. The van der Waals surface area contributed by atoms with Crippen LogP contribution < -0.4 is 5.14 Å². The number of hydrogen-bond donors (Lipinski definition) is 2. The van der Waals surface area contributed by atoms with Crippen LogP contribution in [0.5, 0.6) is 0 Å². The van der Waals surface area contributed by atoms with Crippen LogP contribution in [0.1, 0.15) is 0 Å². The van der Waals surface area contributed by atoms with Crippen LogP contribution in [0.2, 0.25) is 0 Å². The number of H-pyrrole nitrogens is 1. The minimum atomic E-state index is -3.72. The van der Waals surface area contributed by atoms with Crippen LogP contribution in [0, 0.1) is 0 Å². The number of aromatic nitrogens is 3. The van der Waals surface area contributed by atoms with Crippen molar-refractivity contribution in [3.63, 3.8) is 0 Å². The Morgan fingerprint density at radius 2 is 2.00 bits per heavy atom. The number of sulfonamides is 1. The molecule has 8 heteroatoms. The topological polar surface area (TPSA) is 102 Å². The zero-order valence-electron chi connectivity index (χ0n) is 6.73. The van der Waals surface area contributed by atoms with Crippen LogP contribution in [0.25, 0.3) is 11.0 Å². The van der Waals surface area contributed by atoms with E-state index in [1.807, 2.05) is 0 Å². The zero-order chi connectivity index (χ0) is 9.47. The van der Waals surface area contributed by atoms with E-state index in [0.717, 1.165) is 0 Å². The molecule has 0 spiro atoms. The first-order valence-electron chi connectivity index (χ1n) is 3.41. The molecule has 0 fully saturated rings. The van der Waals surface area contributed by atoms with Crippen molar-refractivity contribution in [3.8, 4) is 0 Å². The standard InChI is InChI=1S/C6H6N4O2S.Ag/c7-13(11,12)5-3-1-2-4-6(5)9-10-8-4;/h1-3H,(H2,7,11,12)(H,8,9,10);/q;+1. The smallest absolute Gasteiger partial charge is 0.225 e. The summed E-state index contributed by atoms with van der Waals surface area (Å²) in [6, 6.07) is 4.60. The molecule has 3 N–H and O–H groups in total. The maximum atomic E-state index is 11.0. The minimum absolute atomic E-state index is 0. The number of hydrogen-bond acceptors (Lipinski definition) is 4. The van der Waals surface area contributed by atoms with E-state index < -0.39 is 10.0 Å². The number of primary sulfonamides is 1. The second kappa shape index (κ2) is 3.79. The molecule has 0 unspecified atom stereocenters. The Kier molecular flexibility index (Phi) is 3.07. The summed E-state index contributed by atoms with van der Waals surface area (Å²) >= 11 is 0. The van der Waals surface area contributed by atoms with Crippen molar-refractivity contribution in [2.45, 2.75) is 4.90 Å². The predicted octanol–water partition coefficient (Wildman–Crippen LogP) is -0.397. The molecule has 1 aromatic heterocycles. The molecule has 0 saturated heterocycles. The van der Waals surface area contributed by atoms with Gasteiger partial charge < -0.3 is 0 Å². The van der Waals surface area contributed by atoms with Gasteiger partial charge in [-0.25, -0.2) is 13.6 Å². The molecule has 78 valence electrons. The molecule has 0 aliphatic heterocycles. The Balaban J connectivity index is 0.000000980. The average molecular weight is 306 g/mol. The molecule has 0 aliphatic carbocycles. The summed E-state index contributed by atoms with van der Waals surface area (Å²) < 4.78 is 22.1. The van der Waals surface area contributed by atoms with Gasteiger partial charge in [0.2, 0.25) is 10.0 Å². The summed E-state index contributed by atoms with van der Waals surface area (Å²) in [5, 5.41) is 14.7. The number of benzene rings is 1. The van der Waals surface area contributed by atoms with Crippen LogP contribution in [-0.2, 0) is 32.4 Å². The molecule has 14 heavy (non-hydrogen) atoms. The van der Waals surface area contributed by atoms with Crippen molar-refractivity contribution in [1.82, 2.24) is 15.4 Å². The molecule has 1 heterocycles. The van der Waals surface area contributed by atoms with Crippen LogP contribution in [0.3, 0.4) is 0 Å². The maximum absolute atomic E-state index is 11.0. The van der Waals surface area contributed by atoms with Crippen molar-refractivity contribution in [2.75, 3.05) is 0 Å². The van der Waals surface area contributed by atoms with Crippen molar-refractivity contribution in [1.29, 1.82) is 0 Å². The third kappa shape index (κ3) is 1.86. The second-order valence-corrected chi connectivity index (χ2v) is 4.02. The SMILES string of the molecule is NS(=O)(=O)c1cccc2n[nH]nc12.[Ag+]. The molecule has 0 atom stereocenters. The largest absolute Gasteiger partial charge is 1.00 e. The summed E-state index contributed by atoms with van der Waals surface area (Å²) in [6.07, 6.45) is 0. The van der Waals surface area contributed by atoms with E-state index >= 15 is 0 Å². The van der Waals surface area contributed by atoms with Gasteiger partial charge in [0.1, 0.15) is 15.9 Å². The Morgan fingerprint density at radius 1 is 1.29 bits per heavy atom. The van der Waals surface area contributed by atoms with Gasteiger partial charge in [-0.05, 0) is 12.1 Å². The van der Waals surface area contributed by atoms with Crippen molar-refractivity contribution in [2.24, 2.45) is 5.14 Å². The van der Waals surface area contributed by atoms with Gasteiger partial charge in [0, 0.05) is 0 Å². The average Bonchev–Trinajstić information content (AvgIpc) is 2.48. The van der Waals surface area contributed by atoms with Crippen LogP contribution in [0.4, 0.5) is 0 Å². The van der Waals surface area contributed by atoms with Gasteiger partial charge in [0.15, 0.2) is 0 Å². The predicted molar refractivity (Wildman–Crippen MR) is 45.3 cm³/mol. The fourth-order valence-electron chi connectivity index (χ4n) is 1.07. The molecule has 2 rings (SSSR count). The number of rotatable bonds is 1. The van der Waals surface area contributed by atoms with Gasteiger partial charge in [-0.15, -0.1) is 0 Å². The molecule has 2 aromatic rings. The molecule has 0 aliphatic rings. The van der Waals surface area contributed by atoms with E-state index in [4.69, 9.17) is 5.14 Å². The Labute approximate surface area is 95.4 Å². The number of para-hydroxylation sites is 1. The molecule has 0 saturated carbocycles. The first-order chi connectivity index (χ1) is 6.09. The van der Waals surface area contributed by atoms with E-state index in [1.54, 1.807) is 12.1 Å². The molecular formula is C6H6AgN4O2S+. The first-order valence-corrected chi connectivity index (χ1v) is 4.96. The number of nitrogens with zero attached hydrogens (tertiary/aromatic N) is 2. The van der Waals surface area contributed by atoms with Crippen molar-refractivity contribution < 1.29 is 30.8 Å². The number of aromatic amines is 1. The Hall–Kier alpha value is -0.730. The number of nitrogens with two attached hydrogens (primary N) is 1. The molecule has 0 radical (unpaired) electrons. The first kappa shape index (κ1) is 11.3. The van der Waals surface area contributed by atoms with E-state index in [-0.39, 0.29) is 32.8 Å². The minimum Gasteiger partial charge on any atom is -0.225 e. The summed E-state index contributed by atoms with van der Waals surface area (Å²) in [5.74, 6) is 0. The van der Waals surface area contributed by atoms with Gasteiger partial charge in [0.05, 0.1) is 0 Å². The summed E-state index contributed by atoms with van der Waals surface area (Å²) in [7, 11) is -3.72. The third-order valence-corrected chi connectivity index (χ3v) is 2.56. The number of fused-ring (bicyclic) bond motifs is 1.